The SMILES string of the molecule is [2H]c1c([2H])c([2H])c(-c2cccc(-c3cc(C(C)(C)C)cc(C(C)(C)C)c3)c2N2CN(c3ccc(C(C)(C)C)c(Oc4ccc(-c5c([2H])c([2H])c([2H])c([2H])c5Nc5cc(C(C)(C)C)c(-c6cccc7c6C(C)(C)CCC7(C)C)cn5)cc4)c3)c3ccccc32)c([2H])c1[2H]. The zero-order valence-corrected chi connectivity index (χ0v) is 51.6. The van der Waals surface area contributed by atoms with Crippen LogP contribution in [0.2, 0.25) is 0 Å². The lowest BCUT2D eigenvalue weighted by molar-refractivity contribution is 0.332. The third kappa shape index (κ3) is 11.2. The predicted molar refractivity (Wildman–Crippen MR) is 354 cm³/mol. The summed E-state index contributed by atoms with van der Waals surface area (Å²) in [7, 11) is 0. The van der Waals surface area contributed by atoms with Crippen molar-refractivity contribution in [3.8, 4) is 56.0 Å². The van der Waals surface area contributed by atoms with Crippen molar-refractivity contribution in [1.82, 2.24) is 4.98 Å². The zero-order chi connectivity index (χ0) is 66.9. The first kappa shape index (κ1) is 46.6. The molecule has 0 spiro atoms. The van der Waals surface area contributed by atoms with Crippen LogP contribution in [-0.4, -0.2) is 11.7 Å². The Bertz CT molecular complexity index is 4370. The van der Waals surface area contributed by atoms with Crippen molar-refractivity contribution in [1.29, 1.82) is 0 Å². The van der Waals surface area contributed by atoms with Crippen LogP contribution in [0.25, 0.3) is 44.5 Å². The van der Waals surface area contributed by atoms with Crippen molar-refractivity contribution >= 4 is 34.3 Å². The third-order valence-corrected chi connectivity index (χ3v) is 17.0. The first-order valence-electron chi connectivity index (χ1n) is 33.8. The topological polar surface area (TPSA) is 40.6 Å². The van der Waals surface area contributed by atoms with Crippen LogP contribution in [0.5, 0.6) is 11.5 Å². The largest absolute Gasteiger partial charge is 0.457 e. The third-order valence-electron chi connectivity index (χ3n) is 17.0. The molecule has 1 aliphatic carbocycles. The fourth-order valence-corrected chi connectivity index (χ4v) is 12.2. The van der Waals surface area contributed by atoms with E-state index in [1.165, 1.54) is 16.7 Å². The molecule has 0 unspecified atom stereocenters. The maximum Gasteiger partial charge on any atom is 0.133 e. The number of rotatable bonds is 10. The quantitative estimate of drug-likeness (QED) is 0.148. The number of para-hydroxylation sites is 4. The maximum atomic E-state index is 9.37. The molecule has 9 aromatic rings. The maximum absolute atomic E-state index is 9.37. The highest BCUT2D eigenvalue weighted by atomic mass is 16.5. The summed E-state index contributed by atoms with van der Waals surface area (Å²) in [4.78, 5) is 9.43. The Kier molecular flexibility index (Phi) is 11.8. The van der Waals surface area contributed by atoms with Gasteiger partial charge in [0, 0.05) is 51.5 Å². The summed E-state index contributed by atoms with van der Waals surface area (Å²) in [6.07, 6.45) is 4.08. The van der Waals surface area contributed by atoms with Crippen LogP contribution in [-0.2, 0) is 32.5 Å². The van der Waals surface area contributed by atoms with E-state index < -0.39 is 18.1 Å². The highest BCUT2D eigenvalue weighted by Crippen LogP contribution is 2.53. The summed E-state index contributed by atoms with van der Waals surface area (Å²) in [6.45, 7) is 35.9. The highest BCUT2D eigenvalue weighted by molar-refractivity contribution is 5.99. The van der Waals surface area contributed by atoms with Crippen LogP contribution in [0.4, 0.5) is 34.3 Å². The second-order valence-corrected chi connectivity index (χ2v) is 28.3. The molecule has 2 heterocycles. The van der Waals surface area contributed by atoms with Crippen LogP contribution in [0, 0.1) is 0 Å². The Hall–Kier alpha value is -7.89. The van der Waals surface area contributed by atoms with Crippen molar-refractivity contribution in [2.75, 3.05) is 21.8 Å². The van der Waals surface area contributed by atoms with Crippen molar-refractivity contribution < 1.29 is 17.1 Å². The molecule has 424 valence electrons. The summed E-state index contributed by atoms with van der Waals surface area (Å²) in [6, 6.07) is 40.1. The van der Waals surface area contributed by atoms with Crippen molar-refractivity contribution in [2.45, 2.75) is 156 Å². The molecule has 1 aliphatic heterocycles. The monoisotopic (exact) mass is 1100 g/mol. The van der Waals surface area contributed by atoms with E-state index in [1.807, 2.05) is 66.9 Å². The summed E-state index contributed by atoms with van der Waals surface area (Å²) >= 11 is 0. The Balaban J connectivity index is 0.980. The summed E-state index contributed by atoms with van der Waals surface area (Å²) in [5, 5.41) is 3.41. The van der Waals surface area contributed by atoms with Gasteiger partial charge in [0.15, 0.2) is 0 Å². The van der Waals surface area contributed by atoms with E-state index in [2.05, 4.69) is 193 Å². The lowest BCUT2D eigenvalue weighted by atomic mass is 9.61. The molecule has 0 radical (unpaired) electrons. The standard InChI is InChI=1S/C78H86N4O/c1-73(2,3)54-44-53(45-55(46-54)74(4,5)6)60-30-24-29-59(51-26-18-17-19-27-51)72(60)82-50-81(67-34-22-23-35-68(67)82)56-38-41-63(75(7,8)9)69(47-56)83-57-39-36-52(37-40-57)58-28-20-21-33-66(58)80-70-48-65(76(10,11)12)62(49-79-70)61-31-25-32-64-71(61)78(15,16)43-42-77(64,13)14/h17-41,44-49H,42-43,50H2,1-16H3,(H,79,80)/i17D,18D,19D,20D,21D,26D,27D,28D,33D. The number of fused-ring (bicyclic) bond motifs is 2. The molecular weight excluding hydrogens is 1010 g/mol. The highest BCUT2D eigenvalue weighted by Gasteiger charge is 2.40. The van der Waals surface area contributed by atoms with E-state index in [0.29, 0.717) is 39.7 Å². The number of nitrogens with zero attached hydrogens (tertiary/aromatic N) is 3. The molecule has 0 saturated heterocycles. The number of nitrogens with one attached hydrogen (secondary N) is 1. The number of aromatic nitrogens is 1. The van der Waals surface area contributed by atoms with E-state index in [0.717, 1.165) is 68.8 Å². The average Bonchev–Trinajstić information content (AvgIpc) is 1.16. The minimum Gasteiger partial charge on any atom is -0.457 e. The van der Waals surface area contributed by atoms with Gasteiger partial charge in [-0.25, -0.2) is 4.98 Å². The van der Waals surface area contributed by atoms with Crippen LogP contribution in [0.3, 0.4) is 0 Å². The number of hydrogen-bond acceptors (Lipinski definition) is 5. The number of pyridine rings is 1. The summed E-state index contributed by atoms with van der Waals surface area (Å²) in [5.41, 5.74) is 14.9. The average molecular weight is 1100 g/mol. The van der Waals surface area contributed by atoms with Gasteiger partial charge in [-0.05, 0) is 138 Å². The summed E-state index contributed by atoms with van der Waals surface area (Å²) < 4.78 is 88.3. The normalized spacial score (nSPS) is 16.5. The predicted octanol–water partition coefficient (Wildman–Crippen LogP) is 22.1. The van der Waals surface area contributed by atoms with Crippen LogP contribution >= 0.6 is 0 Å². The second-order valence-electron chi connectivity index (χ2n) is 28.3. The number of benzene rings is 8. The van der Waals surface area contributed by atoms with Gasteiger partial charge in [0.1, 0.15) is 24.0 Å². The summed E-state index contributed by atoms with van der Waals surface area (Å²) in [5.74, 6) is 1.59. The molecule has 0 amide bonds. The van der Waals surface area contributed by atoms with Gasteiger partial charge in [-0.3, -0.25) is 0 Å². The molecule has 1 aromatic heterocycles. The molecule has 5 nitrogen and oxygen atoms in total. The van der Waals surface area contributed by atoms with E-state index in [1.54, 1.807) is 0 Å². The molecular formula is C78H86N4O. The molecule has 0 saturated carbocycles. The van der Waals surface area contributed by atoms with Gasteiger partial charge in [-0.2, -0.15) is 0 Å². The van der Waals surface area contributed by atoms with Gasteiger partial charge in [0.2, 0.25) is 0 Å². The Morgan fingerprint density at radius 2 is 1.08 bits per heavy atom. The number of ether oxygens (including phenoxy) is 1. The van der Waals surface area contributed by atoms with Crippen LogP contribution in [0.1, 0.15) is 169 Å². The van der Waals surface area contributed by atoms with Crippen molar-refractivity contribution in [3.05, 3.63) is 221 Å². The van der Waals surface area contributed by atoms with E-state index in [9.17, 15) is 5.48 Å². The smallest absolute Gasteiger partial charge is 0.133 e. The van der Waals surface area contributed by atoms with E-state index >= 15 is 0 Å². The minimum absolute atomic E-state index is 0.0207. The molecule has 0 atom stereocenters. The van der Waals surface area contributed by atoms with Gasteiger partial charge >= 0.3 is 0 Å². The molecule has 0 bridgehead atoms. The fourth-order valence-electron chi connectivity index (χ4n) is 12.2. The number of anilines is 6. The molecule has 2 aliphatic rings. The first-order chi connectivity index (χ1) is 42.9. The lowest BCUT2D eigenvalue weighted by Crippen LogP contribution is -2.34. The molecule has 5 heteroatoms. The lowest BCUT2D eigenvalue weighted by Gasteiger charge is -2.43. The van der Waals surface area contributed by atoms with Crippen LogP contribution < -0.4 is 19.9 Å². The second kappa shape index (κ2) is 21.1. The van der Waals surface area contributed by atoms with Crippen molar-refractivity contribution in [3.63, 3.8) is 0 Å². The Labute approximate surface area is 509 Å². The van der Waals surface area contributed by atoms with Gasteiger partial charge in [-0.1, -0.05) is 244 Å². The van der Waals surface area contributed by atoms with E-state index in [-0.39, 0.29) is 86.7 Å². The molecule has 0 fully saturated rings. The number of hydrogen-bond donors (Lipinski definition) is 1. The van der Waals surface area contributed by atoms with E-state index in [4.69, 9.17) is 16.6 Å². The first-order valence-corrected chi connectivity index (χ1v) is 29.3. The van der Waals surface area contributed by atoms with Crippen LogP contribution in [0.15, 0.2) is 188 Å². The van der Waals surface area contributed by atoms with Gasteiger partial charge in [-0.15, -0.1) is 0 Å². The molecule has 8 aromatic carbocycles. The minimum atomic E-state index is -0.451. The molecule has 83 heavy (non-hydrogen) atoms. The van der Waals surface area contributed by atoms with Gasteiger partial charge < -0.3 is 19.9 Å². The Morgan fingerprint density at radius 3 is 1.73 bits per heavy atom. The Morgan fingerprint density at radius 1 is 0.494 bits per heavy atom. The van der Waals surface area contributed by atoms with Gasteiger partial charge in [0.05, 0.1) is 29.4 Å². The molecule has 11 rings (SSSR count). The zero-order valence-electron chi connectivity index (χ0n) is 60.6. The fraction of sp³-hybridized carbons (Fsp3) is 0.321. The van der Waals surface area contributed by atoms with Gasteiger partial charge in [0.25, 0.3) is 0 Å². The molecule has 1 N–H and O–H groups in total. The van der Waals surface area contributed by atoms with Crippen molar-refractivity contribution in [2.24, 2.45) is 0 Å².